The van der Waals surface area contributed by atoms with Crippen molar-refractivity contribution in [3.05, 3.63) is 0 Å². The maximum atomic E-state index is 5.68. The smallest absolute Gasteiger partial charge is 0.0168 e. The van der Waals surface area contributed by atoms with Crippen LogP contribution in [0.25, 0.3) is 0 Å². The first-order chi connectivity index (χ1) is 3.79. The third-order valence-corrected chi connectivity index (χ3v) is 1.66. The molecular formula is C6H14N2. The molecule has 1 atom stereocenters. The highest BCUT2D eigenvalue weighted by Gasteiger charge is 2.11. The van der Waals surface area contributed by atoms with Crippen molar-refractivity contribution in [3.8, 4) is 0 Å². The molecule has 2 nitrogen and oxygen atoms in total. The minimum Gasteiger partial charge on any atom is -0.327 e. The standard InChI is InChI=1S/C6H14N2/c1-8-4-2-3-6(7)5-8/h6H,2-5,7H2,1H3/t6-/m0/s1. The third kappa shape index (κ3) is 1.46. The molecule has 0 aromatic heterocycles. The lowest BCUT2D eigenvalue weighted by Crippen LogP contribution is -2.40. The van der Waals surface area contributed by atoms with Crippen molar-refractivity contribution in [1.29, 1.82) is 0 Å². The van der Waals surface area contributed by atoms with Gasteiger partial charge in [-0.1, -0.05) is 0 Å². The lowest BCUT2D eigenvalue weighted by atomic mass is 10.1. The first-order valence-electron chi connectivity index (χ1n) is 3.23. The molecule has 0 aromatic carbocycles. The van der Waals surface area contributed by atoms with Crippen LogP contribution in [0.1, 0.15) is 12.8 Å². The molecule has 2 heteroatoms. The van der Waals surface area contributed by atoms with Gasteiger partial charge in [0.1, 0.15) is 0 Å². The molecule has 0 radical (unpaired) electrons. The average Bonchev–Trinajstić information content (AvgIpc) is 1.64. The van der Waals surface area contributed by atoms with Crippen molar-refractivity contribution >= 4 is 0 Å². The van der Waals surface area contributed by atoms with Gasteiger partial charge in [-0.2, -0.15) is 0 Å². The predicted molar refractivity (Wildman–Crippen MR) is 34.7 cm³/mol. The fourth-order valence-electron chi connectivity index (χ4n) is 1.21. The molecule has 1 aliphatic heterocycles. The van der Waals surface area contributed by atoms with Crippen LogP contribution in [-0.4, -0.2) is 31.1 Å². The van der Waals surface area contributed by atoms with Crippen LogP contribution in [-0.2, 0) is 0 Å². The monoisotopic (exact) mass is 114 g/mol. The van der Waals surface area contributed by atoms with Crippen molar-refractivity contribution in [2.45, 2.75) is 18.9 Å². The van der Waals surface area contributed by atoms with E-state index in [-0.39, 0.29) is 0 Å². The Labute approximate surface area is 50.7 Å². The maximum Gasteiger partial charge on any atom is 0.0168 e. The van der Waals surface area contributed by atoms with Gasteiger partial charge < -0.3 is 10.6 Å². The van der Waals surface area contributed by atoms with E-state index in [4.69, 9.17) is 5.73 Å². The molecule has 2 N–H and O–H groups in total. The highest BCUT2D eigenvalue weighted by molar-refractivity contribution is 4.71. The quantitative estimate of drug-likeness (QED) is 0.482. The molecule has 0 aromatic rings. The van der Waals surface area contributed by atoms with Crippen LogP contribution in [0.4, 0.5) is 0 Å². The van der Waals surface area contributed by atoms with Crippen LogP contribution in [0.3, 0.4) is 0 Å². The minimum absolute atomic E-state index is 0.439. The summed E-state index contributed by atoms with van der Waals surface area (Å²) in [4.78, 5) is 2.29. The molecule has 0 bridgehead atoms. The van der Waals surface area contributed by atoms with E-state index >= 15 is 0 Å². The van der Waals surface area contributed by atoms with Gasteiger partial charge in [-0.15, -0.1) is 0 Å². The van der Waals surface area contributed by atoms with E-state index in [2.05, 4.69) is 11.9 Å². The Kier molecular flexibility index (Phi) is 1.86. The topological polar surface area (TPSA) is 29.3 Å². The van der Waals surface area contributed by atoms with Crippen LogP contribution in [0.5, 0.6) is 0 Å². The van der Waals surface area contributed by atoms with Gasteiger partial charge in [0.15, 0.2) is 0 Å². The number of hydrogen-bond acceptors (Lipinski definition) is 2. The SMILES string of the molecule is CN1CCC[C@H](N)C1. The molecule has 48 valence electrons. The Morgan fingerprint density at radius 2 is 2.38 bits per heavy atom. The Hall–Kier alpha value is -0.0800. The van der Waals surface area contributed by atoms with E-state index in [0.717, 1.165) is 6.54 Å². The van der Waals surface area contributed by atoms with Gasteiger partial charge in [0, 0.05) is 12.6 Å². The molecule has 0 aliphatic carbocycles. The van der Waals surface area contributed by atoms with E-state index in [9.17, 15) is 0 Å². The zero-order valence-corrected chi connectivity index (χ0v) is 5.43. The normalized spacial score (nSPS) is 33.0. The summed E-state index contributed by atoms with van der Waals surface area (Å²) in [6.07, 6.45) is 2.49. The van der Waals surface area contributed by atoms with E-state index in [0.29, 0.717) is 6.04 Å². The molecular weight excluding hydrogens is 100 g/mol. The fourth-order valence-corrected chi connectivity index (χ4v) is 1.21. The number of hydrogen-bond donors (Lipinski definition) is 1. The first-order valence-corrected chi connectivity index (χ1v) is 3.23. The number of rotatable bonds is 0. The fraction of sp³-hybridized carbons (Fsp3) is 1.00. The number of piperidine rings is 1. The number of likely N-dealkylation sites (N-methyl/N-ethyl adjacent to an activating group) is 1. The summed E-state index contributed by atoms with van der Waals surface area (Å²) in [5, 5.41) is 0. The zero-order valence-electron chi connectivity index (χ0n) is 5.43. The van der Waals surface area contributed by atoms with Crippen molar-refractivity contribution < 1.29 is 0 Å². The molecule has 0 saturated carbocycles. The molecule has 0 unspecified atom stereocenters. The summed E-state index contributed by atoms with van der Waals surface area (Å²) in [5.41, 5.74) is 5.68. The van der Waals surface area contributed by atoms with Crippen LogP contribution in [0.15, 0.2) is 0 Å². The van der Waals surface area contributed by atoms with Gasteiger partial charge in [0.25, 0.3) is 0 Å². The Bertz CT molecular complexity index is 64.9. The zero-order chi connectivity index (χ0) is 5.98. The molecule has 1 heterocycles. The summed E-state index contributed by atoms with van der Waals surface area (Å²) in [5.74, 6) is 0. The molecule has 0 spiro atoms. The van der Waals surface area contributed by atoms with Crippen molar-refractivity contribution in [2.75, 3.05) is 20.1 Å². The van der Waals surface area contributed by atoms with Gasteiger partial charge in [-0.25, -0.2) is 0 Å². The van der Waals surface area contributed by atoms with E-state index in [1.807, 2.05) is 0 Å². The van der Waals surface area contributed by atoms with Crippen LogP contribution in [0.2, 0.25) is 0 Å². The molecule has 1 fully saturated rings. The third-order valence-electron chi connectivity index (χ3n) is 1.66. The summed E-state index contributed by atoms with van der Waals surface area (Å²) < 4.78 is 0. The van der Waals surface area contributed by atoms with Crippen molar-refractivity contribution in [1.82, 2.24) is 4.90 Å². The Morgan fingerprint density at radius 1 is 1.62 bits per heavy atom. The number of nitrogens with two attached hydrogens (primary N) is 1. The van der Waals surface area contributed by atoms with E-state index in [1.54, 1.807) is 0 Å². The lowest BCUT2D eigenvalue weighted by molar-refractivity contribution is 0.252. The average molecular weight is 114 g/mol. The summed E-state index contributed by atoms with van der Waals surface area (Å²) in [7, 11) is 2.12. The molecule has 1 saturated heterocycles. The van der Waals surface area contributed by atoms with Crippen LogP contribution < -0.4 is 5.73 Å². The van der Waals surface area contributed by atoms with Gasteiger partial charge in [0.2, 0.25) is 0 Å². The van der Waals surface area contributed by atoms with Crippen LogP contribution >= 0.6 is 0 Å². The van der Waals surface area contributed by atoms with Crippen LogP contribution in [0, 0.1) is 0 Å². The van der Waals surface area contributed by atoms with Gasteiger partial charge in [-0.05, 0) is 26.4 Å². The summed E-state index contributed by atoms with van der Waals surface area (Å²) in [6.45, 7) is 2.31. The van der Waals surface area contributed by atoms with Gasteiger partial charge in [0.05, 0.1) is 0 Å². The minimum atomic E-state index is 0.439. The van der Waals surface area contributed by atoms with Crippen molar-refractivity contribution in [2.24, 2.45) is 5.73 Å². The van der Waals surface area contributed by atoms with E-state index in [1.165, 1.54) is 19.4 Å². The predicted octanol–water partition coefficient (Wildman–Crippen LogP) is 0.0393. The number of nitrogens with zero attached hydrogens (tertiary/aromatic N) is 1. The molecule has 1 aliphatic rings. The highest BCUT2D eigenvalue weighted by Crippen LogP contribution is 2.04. The number of likely N-dealkylation sites (tertiary alicyclic amines) is 1. The van der Waals surface area contributed by atoms with E-state index < -0.39 is 0 Å². The molecule has 1 rings (SSSR count). The Morgan fingerprint density at radius 3 is 2.75 bits per heavy atom. The molecule has 0 amide bonds. The largest absolute Gasteiger partial charge is 0.327 e. The second-order valence-electron chi connectivity index (χ2n) is 2.66. The van der Waals surface area contributed by atoms with Gasteiger partial charge in [-0.3, -0.25) is 0 Å². The second kappa shape index (κ2) is 2.46. The summed E-state index contributed by atoms with van der Waals surface area (Å²) >= 11 is 0. The van der Waals surface area contributed by atoms with Gasteiger partial charge >= 0.3 is 0 Å². The lowest BCUT2D eigenvalue weighted by Gasteiger charge is -2.26. The highest BCUT2D eigenvalue weighted by atomic mass is 15.1. The summed E-state index contributed by atoms with van der Waals surface area (Å²) in [6, 6.07) is 0.439. The second-order valence-corrected chi connectivity index (χ2v) is 2.66. The Balaban J connectivity index is 2.23. The van der Waals surface area contributed by atoms with Crippen molar-refractivity contribution in [3.63, 3.8) is 0 Å². The maximum absolute atomic E-state index is 5.68. The first kappa shape index (κ1) is 6.05. The molecule has 8 heavy (non-hydrogen) atoms.